The molecule has 0 aromatic rings. The highest BCUT2D eigenvalue weighted by molar-refractivity contribution is 4.92. The molecule has 0 aromatic carbocycles. The molecule has 0 aliphatic heterocycles. The van der Waals surface area contributed by atoms with Crippen molar-refractivity contribution in [3.8, 4) is 6.07 Å². The summed E-state index contributed by atoms with van der Waals surface area (Å²) in [6.07, 6.45) is 23.7. The average Bonchev–Trinajstić information content (AvgIpc) is 2.43. The van der Waals surface area contributed by atoms with Crippen LogP contribution in [0.15, 0.2) is 24.3 Å². The minimum Gasteiger partial charge on any atom is -0.198 e. The summed E-state index contributed by atoms with van der Waals surface area (Å²) in [5.41, 5.74) is 0. The van der Waals surface area contributed by atoms with E-state index in [9.17, 15) is 0 Å². The van der Waals surface area contributed by atoms with Gasteiger partial charge < -0.3 is 0 Å². The number of hydrogen-bond donors (Lipinski definition) is 0. The first-order valence-corrected chi connectivity index (χ1v) is 8.08. The van der Waals surface area contributed by atoms with Crippen LogP contribution in [0.3, 0.4) is 0 Å². The van der Waals surface area contributed by atoms with Gasteiger partial charge in [-0.2, -0.15) is 5.26 Å². The van der Waals surface area contributed by atoms with E-state index >= 15 is 0 Å². The van der Waals surface area contributed by atoms with Crippen LogP contribution in [0.1, 0.15) is 84.0 Å². The first kappa shape index (κ1) is 18.0. The highest BCUT2D eigenvalue weighted by atomic mass is 14.2. The van der Waals surface area contributed by atoms with E-state index in [-0.39, 0.29) is 0 Å². The maximum Gasteiger partial charge on any atom is 0.0621 e. The van der Waals surface area contributed by atoms with Gasteiger partial charge in [0.1, 0.15) is 0 Å². The maximum absolute atomic E-state index is 8.41. The van der Waals surface area contributed by atoms with Gasteiger partial charge in [0.15, 0.2) is 0 Å². The van der Waals surface area contributed by atoms with Crippen LogP contribution in [0, 0.1) is 11.3 Å². The lowest BCUT2D eigenvalue weighted by Crippen LogP contribution is -1.78. The Labute approximate surface area is 120 Å². The zero-order valence-corrected chi connectivity index (χ0v) is 12.7. The summed E-state index contributed by atoms with van der Waals surface area (Å²) in [5, 5.41) is 8.41. The first-order valence-electron chi connectivity index (χ1n) is 8.08. The summed E-state index contributed by atoms with van der Waals surface area (Å²) in [5.74, 6) is 0. The third-order valence-electron chi connectivity index (χ3n) is 3.24. The van der Waals surface area contributed by atoms with Crippen molar-refractivity contribution in [1.82, 2.24) is 0 Å². The highest BCUT2D eigenvalue weighted by Gasteiger charge is 1.89. The molecule has 108 valence electrons. The summed E-state index contributed by atoms with van der Waals surface area (Å²) < 4.78 is 0. The molecular formula is C18H31N. The number of nitriles is 1. The van der Waals surface area contributed by atoms with E-state index in [1.54, 1.807) is 0 Å². The predicted octanol–water partition coefficient (Wildman–Crippen LogP) is 6.32. The van der Waals surface area contributed by atoms with Crippen molar-refractivity contribution < 1.29 is 0 Å². The molecule has 0 rings (SSSR count). The second-order valence-corrected chi connectivity index (χ2v) is 5.14. The molecule has 0 amide bonds. The summed E-state index contributed by atoms with van der Waals surface area (Å²) >= 11 is 0. The summed E-state index contributed by atoms with van der Waals surface area (Å²) in [7, 11) is 0. The minimum atomic E-state index is 0.727. The van der Waals surface area contributed by atoms with Crippen molar-refractivity contribution in [2.24, 2.45) is 0 Å². The fraction of sp³-hybridized carbons (Fsp3) is 0.722. The van der Waals surface area contributed by atoms with Gasteiger partial charge >= 0.3 is 0 Å². The van der Waals surface area contributed by atoms with Crippen molar-refractivity contribution in [1.29, 1.82) is 5.26 Å². The number of unbranched alkanes of at least 4 members (excludes halogenated alkanes) is 9. The minimum absolute atomic E-state index is 0.727. The third-order valence-corrected chi connectivity index (χ3v) is 3.24. The van der Waals surface area contributed by atoms with Gasteiger partial charge in [0, 0.05) is 6.42 Å². The number of hydrogen-bond acceptors (Lipinski definition) is 1. The predicted molar refractivity (Wildman–Crippen MR) is 85.0 cm³/mol. The van der Waals surface area contributed by atoms with Gasteiger partial charge in [0.25, 0.3) is 0 Å². The number of nitrogens with zero attached hydrogens (tertiary/aromatic N) is 1. The summed E-state index contributed by atoms with van der Waals surface area (Å²) in [6.45, 7) is 2.25. The Bertz CT molecular complexity index is 257. The Hall–Kier alpha value is -1.03. The van der Waals surface area contributed by atoms with Gasteiger partial charge in [-0.3, -0.25) is 0 Å². The van der Waals surface area contributed by atoms with Crippen LogP contribution < -0.4 is 0 Å². The maximum atomic E-state index is 8.41. The SMILES string of the molecule is CCCCC/C=C/C/C=C/CCCCCCCC#N. The van der Waals surface area contributed by atoms with E-state index in [2.05, 4.69) is 37.3 Å². The van der Waals surface area contributed by atoms with Gasteiger partial charge in [0.2, 0.25) is 0 Å². The first-order chi connectivity index (χ1) is 9.41. The van der Waals surface area contributed by atoms with Crippen LogP contribution in [-0.4, -0.2) is 0 Å². The quantitative estimate of drug-likeness (QED) is 0.281. The molecule has 0 aromatic heterocycles. The van der Waals surface area contributed by atoms with E-state index in [0.717, 1.165) is 19.3 Å². The van der Waals surface area contributed by atoms with Gasteiger partial charge in [-0.25, -0.2) is 0 Å². The molecule has 0 unspecified atom stereocenters. The van der Waals surface area contributed by atoms with Crippen molar-refractivity contribution in [3.05, 3.63) is 24.3 Å². The van der Waals surface area contributed by atoms with E-state index in [4.69, 9.17) is 5.26 Å². The normalized spacial score (nSPS) is 11.4. The van der Waals surface area contributed by atoms with E-state index in [1.165, 1.54) is 57.8 Å². The number of allylic oxidation sites excluding steroid dienone is 4. The summed E-state index contributed by atoms with van der Waals surface area (Å²) in [6, 6.07) is 2.20. The molecule has 0 saturated carbocycles. The Morgan fingerprint density at radius 2 is 1.32 bits per heavy atom. The van der Waals surface area contributed by atoms with Crippen LogP contribution in [0.2, 0.25) is 0 Å². The largest absolute Gasteiger partial charge is 0.198 e. The molecule has 0 radical (unpaired) electrons. The molecule has 1 heteroatoms. The molecule has 19 heavy (non-hydrogen) atoms. The molecule has 0 fully saturated rings. The van der Waals surface area contributed by atoms with Gasteiger partial charge in [-0.1, -0.05) is 63.3 Å². The molecule has 0 aliphatic carbocycles. The lowest BCUT2D eigenvalue weighted by molar-refractivity contribution is 0.623. The van der Waals surface area contributed by atoms with Crippen molar-refractivity contribution >= 4 is 0 Å². The van der Waals surface area contributed by atoms with E-state index in [1.807, 2.05) is 0 Å². The smallest absolute Gasteiger partial charge is 0.0621 e. The second kappa shape index (κ2) is 17.0. The zero-order valence-electron chi connectivity index (χ0n) is 12.7. The molecule has 0 heterocycles. The molecule has 0 atom stereocenters. The average molecular weight is 261 g/mol. The van der Waals surface area contributed by atoms with Gasteiger partial charge in [-0.15, -0.1) is 0 Å². The second-order valence-electron chi connectivity index (χ2n) is 5.14. The topological polar surface area (TPSA) is 23.8 Å². The van der Waals surface area contributed by atoms with Crippen molar-refractivity contribution in [3.63, 3.8) is 0 Å². The lowest BCUT2D eigenvalue weighted by Gasteiger charge is -1.96. The monoisotopic (exact) mass is 261 g/mol. The van der Waals surface area contributed by atoms with Crippen LogP contribution in [0.5, 0.6) is 0 Å². The Morgan fingerprint density at radius 3 is 1.95 bits per heavy atom. The van der Waals surface area contributed by atoms with E-state index in [0.29, 0.717) is 0 Å². The molecule has 0 aliphatic rings. The third kappa shape index (κ3) is 17.0. The van der Waals surface area contributed by atoms with Crippen molar-refractivity contribution in [2.45, 2.75) is 84.0 Å². The van der Waals surface area contributed by atoms with Crippen LogP contribution >= 0.6 is 0 Å². The van der Waals surface area contributed by atoms with Gasteiger partial charge in [-0.05, 0) is 38.5 Å². The molecule has 0 bridgehead atoms. The standard InChI is InChI=1S/C18H31N/c1-2-3-4-5-6-7-8-9-10-11-12-13-14-15-16-17-18-19/h6-7,9-10H,2-5,8,11-17H2,1H3/b7-6+,10-9+. The fourth-order valence-electron chi connectivity index (χ4n) is 2.02. The Balaban J connectivity index is 3.15. The zero-order chi connectivity index (χ0) is 14.0. The van der Waals surface area contributed by atoms with Crippen molar-refractivity contribution in [2.75, 3.05) is 0 Å². The van der Waals surface area contributed by atoms with Crippen LogP contribution in [-0.2, 0) is 0 Å². The fourth-order valence-corrected chi connectivity index (χ4v) is 2.02. The molecular weight excluding hydrogens is 230 g/mol. The van der Waals surface area contributed by atoms with Gasteiger partial charge in [0.05, 0.1) is 6.07 Å². The van der Waals surface area contributed by atoms with Crippen LogP contribution in [0.4, 0.5) is 0 Å². The lowest BCUT2D eigenvalue weighted by atomic mass is 10.1. The highest BCUT2D eigenvalue weighted by Crippen LogP contribution is 2.07. The summed E-state index contributed by atoms with van der Waals surface area (Å²) in [4.78, 5) is 0. The van der Waals surface area contributed by atoms with E-state index < -0.39 is 0 Å². The van der Waals surface area contributed by atoms with Crippen LogP contribution in [0.25, 0.3) is 0 Å². The number of rotatable bonds is 13. The Kier molecular flexibility index (Phi) is 16.1. The molecule has 0 spiro atoms. The molecule has 1 nitrogen and oxygen atoms in total. The Morgan fingerprint density at radius 1 is 0.737 bits per heavy atom. The molecule has 0 N–H and O–H groups in total. The molecule has 0 saturated heterocycles.